The Kier molecular flexibility index (Phi) is 12.9. The summed E-state index contributed by atoms with van der Waals surface area (Å²) in [5, 5.41) is 18.1. The summed E-state index contributed by atoms with van der Waals surface area (Å²) in [7, 11) is 0. The summed E-state index contributed by atoms with van der Waals surface area (Å²) in [5.41, 5.74) is 7.57. The van der Waals surface area contributed by atoms with Crippen LogP contribution < -0.4 is 21.7 Å². The van der Waals surface area contributed by atoms with Crippen LogP contribution in [-0.2, 0) is 0 Å². The van der Waals surface area contributed by atoms with Gasteiger partial charge in [-0.05, 0) is 43.7 Å². The van der Waals surface area contributed by atoms with E-state index in [4.69, 9.17) is 11.1 Å². The number of aryl methyl sites for hydroxylation is 1. The number of hydrogen-bond acceptors (Lipinski definition) is 5. The van der Waals surface area contributed by atoms with E-state index in [2.05, 4.69) is 46.7 Å². The number of hydrogen-bond donors (Lipinski definition) is 5. The molecule has 192 valence electrons. The van der Waals surface area contributed by atoms with E-state index < -0.39 is 0 Å². The van der Waals surface area contributed by atoms with E-state index in [1.165, 1.54) is 0 Å². The van der Waals surface area contributed by atoms with Gasteiger partial charge in [0.05, 0.1) is 5.52 Å². The molecule has 1 heterocycles. The second-order valence-corrected chi connectivity index (χ2v) is 9.68. The van der Waals surface area contributed by atoms with E-state index >= 15 is 0 Å². The molecule has 0 spiro atoms. The van der Waals surface area contributed by atoms with Gasteiger partial charge in [0.15, 0.2) is 5.96 Å². The third kappa shape index (κ3) is 8.96. The lowest BCUT2D eigenvalue weighted by atomic mass is 9.90. The monoisotopic (exact) mass is 533 g/mol. The molecule has 0 saturated heterocycles. The van der Waals surface area contributed by atoms with Crippen molar-refractivity contribution in [1.82, 2.24) is 20.6 Å². The molecule has 0 bridgehead atoms. The Morgan fingerprint density at radius 2 is 1.76 bits per heavy atom. The Labute approximate surface area is 220 Å². The number of anilines is 1. The minimum atomic E-state index is -0.267. The van der Waals surface area contributed by atoms with Crippen LogP contribution in [0.25, 0.3) is 10.9 Å². The summed E-state index contributed by atoms with van der Waals surface area (Å²) >= 11 is 0. The van der Waals surface area contributed by atoms with Crippen molar-refractivity contribution in [2.24, 2.45) is 11.1 Å². The highest BCUT2D eigenvalue weighted by atomic mass is 35.5. The minimum Gasteiger partial charge on any atom is -0.370 e. The Bertz CT molecular complexity index is 965. The first kappa shape index (κ1) is 32.0. The standard InChI is InChI=1S/C23H35N7O.3ClH/c1-14-9-10-16-15(13-14)19(28-17-7-5-6-8-18(17)29-22(24)25)30-20(27-16)21(31)26-12-11-23(2,3)4;;;/h9-10,13,17-18H,5-8,11-12H2,1-4H3,(H,26,31)(H4,24,25,29)(H,27,28,30);3*1H/t17-,18+;;;/m0.../s1. The first-order valence-corrected chi connectivity index (χ1v) is 11.1. The van der Waals surface area contributed by atoms with Crippen molar-refractivity contribution in [3.8, 4) is 0 Å². The van der Waals surface area contributed by atoms with Gasteiger partial charge < -0.3 is 21.7 Å². The van der Waals surface area contributed by atoms with Gasteiger partial charge in [0, 0.05) is 24.0 Å². The predicted molar refractivity (Wildman–Crippen MR) is 147 cm³/mol. The van der Waals surface area contributed by atoms with Crippen LogP contribution in [0.1, 0.15) is 69.1 Å². The third-order valence-electron chi connectivity index (χ3n) is 5.64. The first-order valence-electron chi connectivity index (χ1n) is 11.1. The highest BCUT2D eigenvalue weighted by Gasteiger charge is 2.27. The Morgan fingerprint density at radius 1 is 1.12 bits per heavy atom. The average Bonchev–Trinajstić information content (AvgIpc) is 2.68. The van der Waals surface area contributed by atoms with E-state index in [0.29, 0.717) is 12.4 Å². The molecular weight excluding hydrogens is 497 g/mol. The van der Waals surface area contributed by atoms with Gasteiger partial charge in [0.1, 0.15) is 5.82 Å². The summed E-state index contributed by atoms with van der Waals surface area (Å²) < 4.78 is 0. The molecule has 0 unspecified atom stereocenters. The van der Waals surface area contributed by atoms with Gasteiger partial charge in [0.2, 0.25) is 5.82 Å². The molecule has 1 aliphatic rings. The van der Waals surface area contributed by atoms with Crippen molar-refractivity contribution in [3.05, 3.63) is 29.6 Å². The molecule has 6 N–H and O–H groups in total. The lowest BCUT2D eigenvalue weighted by Gasteiger charge is -2.33. The zero-order chi connectivity index (χ0) is 22.6. The maximum Gasteiger partial charge on any atom is 0.289 e. The molecule has 0 aliphatic heterocycles. The molecule has 1 aromatic carbocycles. The molecule has 1 saturated carbocycles. The normalized spacial score (nSPS) is 17.4. The molecule has 2 aromatic rings. The second kappa shape index (κ2) is 13.8. The second-order valence-electron chi connectivity index (χ2n) is 9.68. The number of carbonyl (C=O) groups excluding carboxylic acids is 1. The molecule has 1 aliphatic carbocycles. The maximum atomic E-state index is 12.8. The summed E-state index contributed by atoms with van der Waals surface area (Å²) in [5.74, 6) is 0.523. The molecule has 1 aromatic heterocycles. The highest BCUT2D eigenvalue weighted by Crippen LogP contribution is 2.27. The number of fused-ring (bicyclic) bond motifs is 1. The summed E-state index contributed by atoms with van der Waals surface area (Å²) in [6, 6.07) is 6.06. The predicted octanol–water partition coefficient (Wildman–Crippen LogP) is 4.58. The molecule has 1 amide bonds. The Hall–Kier alpha value is -2.03. The van der Waals surface area contributed by atoms with E-state index in [1.54, 1.807) is 0 Å². The molecular formula is C23H38Cl3N7O. The van der Waals surface area contributed by atoms with Gasteiger partial charge >= 0.3 is 0 Å². The minimum absolute atomic E-state index is 0. The number of benzene rings is 1. The fourth-order valence-electron chi connectivity index (χ4n) is 3.94. The quantitative estimate of drug-likeness (QED) is 0.273. The van der Waals surface area contributed by atoms with Crippen LogP contribution in [0, 0.1) is 17.7 Å². The zero-order valence-corrected chi connectivity index (χ0v) is 22.7. The molecule has 8 nitrogen and oxygen atoms in total. The third-order valence-corrected chi connectivity index (χ3v) is 5.64. The molecule has 1 fully saturated rings. The fraction of sp³-hybridized carbons (Fsp3) is 0.565. The van der Waals surface area contributed by atoms with Gasteiger partial charge in [0.25, 0.3) is 5.91 Å². The van der Waals surface area contributed by atoms with Crippen LogP contribution in [-0.4, -0.2) is 40.5 Å². The van der Waals surface area contributed by atoms with Gasteiger partial charge in [-0.15, -0.1) is 37.2 Å². The number of carbonyl (C=O) groups is 1. The van der Waals surface area contributed by atoms with Crippen molar-refractivity contribution in [2.45, 2.75) is 71.9 Å². The molecule has 34 heavy (non-hydrogen) atoms. The van der Waals surface area contributed by atoms with Gasteiger partial charge in [-0.25, -0.2) is 9.97 Å². The van der Waals surface area contributed by atoms with Crippen LogP contribution in [0.15, 0.2) is 18.2 Å². The topological polar surface area (TPSA) is 129 Å². The van der Waals surface area contributed by atoms with Crippen LogP contribution in [0.4, 0.5) is 5.82 Å². The van der Waals surface area contributed by atoms with Gasteiger partial charge in [-0.3, -0.25) is 10.2 Å². The van der Waals surface area contributed by atoms with Gasteiger partial charge in [-0.2, -0.15) is 0 Å². The Morgan fingerprint density at radius 3 is 2.38 bits per heavy atom. The van der Waals surface area contributed by atoms with Crippen LogP contribution in [0.3, 0.4) is 0 Å². The van der Waals surface area contributed by atoms with Crippen molar-refractivity contribution < 1.29 is 4.79 Å². The smallest absolute Gasteiger partial charge is 0.289 e. The number of amides is 1. The number of aromatic nitrogens is 2. The number of nitrogens with one attached hydrogen (secondary N) is 4. The van der Waals surface area contributed by atoms with E-state index in [0.717, 1.165) is 48.6 Å². The molecule has 11 heteroatoms. The fourth-order valence-corrected chi connectivity index (χ4v) is 3.94. The molecule has 2 atom stereocenters. The van der Waals surface area contributed by atoms with Crippen LogP contribution >= 0.6 is 37.2 Å². The summed E-state index contributed by atoms with van der Waals surface area (Å²) in [6.45, 7) is 9.04. The lowest BCUT2D eigenvalue weighted by molar-refractivity contribution is 0.0939. The number of nitrogens with zero attached hydrogens (tertiary/aromatic N) is 2. The number of halogens is 3. The van der Waals surface area contributed by atoms with E-state index in [1.807, 2.05) is 25.1 Å². The van der Waals surface area contributed by atoms with Crippen LogP contribution in [0.5, 0.6) is 0 Å². The number of rotatable bonds is 6. The van der Waals surface area contributed by atoms with Crippen molar-refractivity contribution in [2.75, 3.05) is 11.9 Å². The van der Waals surface area contributed by atoms with Crippen LogP contribution in [0.2, 0.25) is 0 Å². The molecule has 3 rings (SSSR count). The van der Waals surface area contributed by atoms with E-state index in [-0.39, 0.29) is 72.4 Å². The lowest BCUT2D eigenvalue weighted by Crippen LogP contribution is -2.50. The first-order chi connectivity index (χ1) is 14.6. The maximum absolute atomic E-state index is 12.8. The van der Waals surface area contributed by atoms with E-state index in [9.17, 15) is 4.79 Å². The number of nitrogens with two attached hydrogens (primary N) is 1. The van der Waals surface area contributed by atoms with Crippen molar-refractivity contribution in [3.63, 3.8) is 0 Å². The largest absolute Gasteiger partial charge is 0.370 e. The SMILES string of the molecule is Cc1ccc2nc(C(=O)NCCC(C)(C)C)nc(N[C@H]3CCCC[C@H]3NC(=N)N)c2c1.Cl.Cl.Cl. The van der Waals surface area contributed by atoms with Crippen molar-refractivity contribution in [1.29, 1.82) is 5.41 Å². The molecule has 0 radical (unpaired) electrons. The highest BCUT2D eigenvalue weighted by molar-refractivity contribution is 5.96. The summed E-state index contributed by atoms with van der Waals surface area (Å²) in [4.78, 5) is 21.9. The Balaban J connectivity index is 0.00000363. The van der Waals surface area contributed by atoms with Crippen molar-refractivity contribution >= 4 is 65.8 Å². The zero-order valence-electron chi connectivity index (χ0n) is 20.2. The van der Waals surface area contributed by atoms with Gasteiger partial charge in [-0.1, -0.05) is 45.2 Å². The number of guanidine groups is 1. The average molecular weight is 535 g/mol. The summed E-state index contributed by atoms with van der Waals surface area (Å²) in [6.07, 6.45) is 4.93.